The van der Waals surface area contributed by atoms with Crippen molar-refractivity contribution in [2.24, 2.45) is 0 Å². The van der Waals surface area contributed by atoms with Gasteiger partial charge in [0.1, 0.15) is 8.07 Å². The highest BCUT2D eigenvalue weighted by Gasteiger charge is 2.34. The van der Waals surface area contributed by atoms with Crippen LogP contribution in [0.1, 0.15) is 11.1 Å². The molecule has 0 radical (unpaired) electrons. The summed E-state index contributed by atoms with van der Waals surface area (Å²) in [5, 5.41) is 0.0127. The van der Waals surface area contributed by atoms with Crippen LogP contribution in [-0.2, 0) is 6.18 Å². The van der Waals surface area contributed by atoms with E-state index in [1.54, 1.807) is 0 Å². The van der Waals surface area contributed by atoms with Crippen molar-refractivity contribution in [1.82, 2.24) is 9.97 Å². The average molecular weight is 355 g/mol. The molecule has 1 heterocycles. The van der Waals surface area contributed by atoms with Crippen molar-refractivity contribution in [3.8, 4) is 22.9 Å². The van der Waals surface area contributed by atoms with Crippen LogP contribution in [-0.4, -0.2) is 18.0 Å². The van der Waals surface area contributed by atoms with Crippen LogP contribution >= 0.6 is 11.6 Å². The van der Waals surface area contributed by atoms with Gasteiger partial charge in [0.05, 0.1) is 11.1 Å². The average Bonchev–Trinajstić information content (AvgIpc) is 2.44. The third-order valence-electron chi connectivity index (χ3n) is 2.76. The molecule has 0 saturated heterocycles. The quantitative estimate of drug-likeness (QED) is 0.529. The van der Waals surface area contributed by atoms with E-state index in [9.17, 15) is 13.2 Å². The summed E-state index contributed by atoms with van der Waals surface area (Å²) in [4.78, 5) is 8.02. The number of aromatic nitrogens is 2. The molecule has 0 spiro atoms. The molecular formula is C16H14ClF3N2Si. The van der Waals surface area contributed by atoms with E-state index in [1.807, 2.05) is 0 Å². The lowest BCUT2D eigenvalue weighted by Crippen LogP contribution is -2.16. The van der Waals surface area contributed by atoms with Crippen molar-refractivity contribution in [3.63, 3.8) is 0 Å². The van der Waals surface area contributed by atoms with Crippen LogP contribution in [0.3, 0.4) is 0 Å². The Hall–Kier alpha value is -1.84. The molecule has 0 fully saturated rings. The highest BCUT2D eigenvalue weighted by Crippen LogP contribution is 2.37. The molecule has 0 aliphatic heterocycles. The van der Waals surface area contributed by atoms with Crippen LogP contribution in [0.4, 0.5) is 13.2 Å². The van der Waals surface area contributed by atoms with E-state index in [-0.39, 0.29) is 16.4 Å². The molecule has 0 N–H and O–H groups in total. The molecule has 0 aliphatic carbocycles. The van der Waals surface area contributed by atoms with E-state index in [0.29, 0.717) is 5.56 Å². The van der Waals surface area contributed by atoms with Gasteiger partial charge in [0.15, 0.2) is 5.82 Å². The van der Waals surface area contributed by atoms with Crippen LogP contribution in [0.15, 0.2) is 30.6 Å². The summed E-state index contributed by atoms with van der Waals surface area (Å²) in [5.41, 5.74) is 2.77. The van der Waals surface area contributed by atoms with E-state index in [0.717, 1.165) is 6.07 Å². The monoisotopic (exact) mass is 354 g/mol. The second-order valence-electron chi connectivity index (χ2n) is 5.98. The van der Waals surface area contributed by atoms with E-state index >= 15 is 0 Å². The maximum Gasteiger partial charge on any atom is 0.417 e. The summed E-state index contributed by atoms with van der Waals surface area (Å²) in [6, 6.07) is 3.53. The number of hydrogen-bond acceptors (Lipinski definition) is 2. The first-order chi connectivity index (χ1) is 10.6. The van der Waals surface area contributed by atoms with Gasteiger partial charge in [0.25, 0.3) is 0 Å². The van der Waals surface area contributed by atoms with Crippen LogP contribution in [0.5, 0.6) is 0 Å². The summed E-state index contributed by atoms with van der Waals surface area (Å²) in [7, 11) is -1.54. The smallest absolute Gasteiger partial charge is 0.235 e. The standard InChI is InChI=1S/C16H14ClF3N2Si/c1-23(2,3)7-6-11-9-21-15(22-10-11)13-5-4-12(17)8-14(13)16(18,19)20/h4-5,8-10H,1-3H3. The fourth-order valence-electron chi connectivity index (χ4n) is 1.74. The van der Waals surface area contributed by atoms with Gasteiger partial charge in [-0.2, -0.15) is 13.2 Å². The molecule has 7 heteroatoms. The van der Waals surface area contributed by atoms with Crippen molar-refractivity contribution in [2.75, 3.05) is 0 Å². The summed E-state index contributed by atoms with van der Waals surface area (Å²) in [6.45, 7) is 6.29. The van der Waals surface area contributed by atoms with Crippen molar-refractivity contribution in [2.45, 2.75) is 25.8 Å². The Kier molecular flexibility index (Phi) is 4.83. The molecule has 0 saturated carbocycles. The Labute approximate surface area is 138 Å². The van der Waals surface area contributed by atoms with Crippen LogP contribution in [0, 0.1) is 11.5 Å². The Morgan fingerprint density at radius 3 is 2.22 bits per heavy atom. The number of rotatable bonds is 1. The van der Waals surface area contributed by atoms with Crippen molar-refractivity contribution in [3.05, 3.63) is 46.7 Å². The van der Waals surface area contributed by atoms with Gasteiger partial charge in [0.2, 0.25) is 0 Å². The lowest BCUT2D eigenvalue weighted by molar-refractivity contribution is -0.137. The van der Waals surface area contributed by atoms with E-state index in [1.165, 1.54) is 24.5 Å². The van der Waals surface area contributed by atoms with Crippen LogP contribution < -0.4 is 0 Å². The third kappa shape index (κ3) is 4.81. The molecule has 120 valence electrons. The molecule has 0 atom stereocenters. The van der Waals surface area contributed by atoms with Gasteiger partial charge in [0, 0.05) is 23.0 Å². The summed E-state index contributed by atoms with van der Waals surface area (Å²) >= 11 is 5.66. The highest BCUT2D eigenvalue weighted by atomic mass is 35.5. The molecule has 0 amide bonds. The van der Waals surface area contributed by atoms with E-state index in [4.69, 9.17) is 11.6 Å². The molecule has 2 rings (SSSR count). The van der Waals surface area contributed by atoms with E-state index < -0.39 is 19.8 Å². The van der Waals surface area contributed by atoms with Gasteiger partial charge in [-0.25, -0.2) is 9.97 Å². The largest absolute Gasteiger partial charge is 0.417 e. The zero-order valence-electron chi connectivity index (χ0n) is 12.8. The zero-order chi connectivity index (χ0) is 17.3. The Morgan fingerprint density at radius 2 is 1.70 bits per heavy atom. The summed E-state index contributed by atoms with van der Waals surface area (Å²) < 4.78 is 39.3. The molecule has 2 nitrogen and oxygen atoms in total. The second-order valence-corrected chi connectivity index (χ2v) is 11.2. The molecular weight excluding hydrogens is 341 g/mol. The normalized spacial score (nSPS) is 11.8. The van der Waals surface area contributed by atoms with Crippen molar-refractivity contribution in [1.29, 1.82) is 0 Å². The maximum atomic E-state index is 13.1. The fraction of sp³-hybridized carbons (Fsp3) is 0.250. The molecule has 1 aromatic carbocycles. The molecule has 1 aromatic heterocycles. The van der Waals surface area contributed by atoms with Crippen molar-refractivity contribution < 1.29 is 13.2 Å². The van der Waals surface area contributed by atoms with Gasteiger partial charge in [-0.1, -0.05) is 37.2 Å². The first kappa shape index (κ1) is 17.5. The second kappa shape index (κ2) is 6.34. The minimum Gasteiger partial charge on any atom is -0.235 e. The predicted octanol–water partition coefficient (Wildman–Crippen LogP) is 5.04. The summed E-state index contributed by atoms with van der Waals surface area (Å²) in [6.07, 6.45) is -1.66. The highest BCUT2D eigenvalue weighted by molar-refractivity contribution is 6.83. The minimum atomic E-state index is -4.53. The Balaban J connectivity index is 2.42. The summed E-state index contributed by atoms with van der Waals surface area (Å²) in [5.74, 6) is 2.95. The molecule has 0 bridgehead atoms. The number of alkyl halides is 3. The number of benzene rings is 1. The minimum absolute atomic E-state index is 0.00690. The first-order valence-electron chi connectivity index (χ1n) is 6.78. The molecule has 2 aromatic rings. The fourth-order valence-corrected chi connectivity index (χ4v) is 2.43. The van der Waals surface area contributed by atoms with Gasteiger partial charge >= 0.3 is 6.18 Å². The molecule has 23 heavy (non-hydrogen) atoms. The van der Waals surface area contributed by atoms with Gasteiger partial charge in [-0.3, -0.25) is 0 Å². The number of hydrogen-bond donors (Lipinski definition) is 0. The number of nitrogens with zero attached hydrogens (tertiary/aromatic N) is 2. The lowest BCUT2D eigenvalue weighted by Gasteiger charge is -2.12. The first-order valence-corrected chi connectivity index (χ1v) is 10.7. The Bertz CT molecular complexity index is 769. The maximum absolute atomic E-state index is 13.1. The number of halogens is 4. The third-order valence-corrected chi connectivity index (χ3v) is 3.87. The topological polar surface area (TPSA) is 25.8 Å². The lowest BCUT2D eigenvalue weighted by atomic mass is 10.1. The SMILES string of the molecule is C[Si](C)(C)C#Cc1cnc(-c2ccc(Cl)cc2C(F)(F)F)nc1. The van der Waals surface area contributed by atoms with E-state index in [2.05, 4.69) is 41.1 Å². The van der Waals surface area contributed by atoms with Gasteiger partial charge in [-0.05, 0) is 18.2 Å². The zero-order valence-corrected chi connectivity index (χ0v) is 14.5. The van der Waals surface area contributed by atoms with Gasteiger partial charge in [-0.15, -0.1) is 5.54 Å². The Morgan fingerprint density at radius 1 is 1.09 bits per heavy atom. The van der Waals surface area contributed by atoms with Gasteiger partial charge < -0.3 is 0 Å². The van der Waals surface area contributed by atoms with Crippen LogP contribution in [0.2, 0.25) is 24.7 Å². The van der Waals surface area contributed by atoms with Crippen molar-refractivity contribution >= 4 is 19.7 Å². The van der Waals surface area contributed by atoms with Crippen LogP contribution in [0.25, 0.3) is 11.4 Å². The predicted molar refractivity (Wildman–Crippen MR) is 87.7 cm³/mol. The molecule has 0 aliphatic rings. The molecule has 0 unspecified atom stereocenters.